The van der Waals surface area contributed by atoms with Gasteiger partial charge in [0.05, 0.1) is 18.4 Å². The number of hydrogen-bond acceptors (Lipinski definition) is 4. The number of amides is 1. The molecule has 0 aliphatic heterocycles. The highest BCUT2D eigenvalue weighted by Gasteiger charge is 2.19. The summed E-state index contributed by atoms with van der Waals surface area (Å²) < 4.78 is 0. The maximum Gasteiger partial charge on any atom is 0.237 e. The summed E-state index contributed by atoms with van der Waals surface area (Å²) in [7, 11) is 0. The molecule has 94 valence electrons. The number of rotatable bonds is 6. The van der Waals surface area contributed by atoms with Gasteiger partial charge in [-0.2, -0.15) is 0 Å². The highest BCUT2D eigenvalue weighted by Crippen LogP contribution is 1.98. The number of nitrogens with zero attached hydrogens (tertiary/aromatic N) is 1. The van der Waals surface area contributed by atoms with Crippen LogP contribution in [0.1, 0.15) is 26.0 Å². The molecule has 1 aromatic heterocycles. The van der Waals surface area contributed by atoms with Crippen LogP contribution in [0.2, 0.25) is 0 Å². The van der Waals surface area contributed by atoms with Gasteiger partial charge in [-0.1, -0.05) is 6.92 Å². The van der Waals surface area contributed by atoms with Gasteiger partial charge >= 0.3 is 0 Å². The highest BCUT2D eigenvalue weighted by molar-refractivity contribution is 5.90. The number of H-pyrrole nitrogens is 1. The van der Waals surface area contributed by atoms with Crippen LogP contribution in [0.3, 0.4) is 0 Å². The lowest BCUT2D eigenvalue weighted by molar-refractivity contribution is -0.128. The minimum Gasteiger partial charge on any atom is -0.348 e. The Labute approximate surface area is 100.0 Å². The number of carbonyl (C=O) groups is 2. The summed E-state index contributed by atoms with van der Waals surface area (Å²) in [5.41, 5.74) is 6.52. The molecule has 2 atom stereocenters. The SMILES string of the molecule is CCC(=O)[C@@H](C)NC(=O)[C@@H](N)Cc1cnc[nH]1. The second-order valence-corrected chi connectivity index (χ2v) is 3.94. The van der Waals surface area contributed by atoms with Gasteiger partial charge in [0, 0.05) is 24.7 Å². The summed E-state index contributed by atoms with van der Waals surface area (Å²) in [5.74, 6) is -0.332. The van der Waals surface area contributed by atoms with Crippen molar-refractivity contribution in [2.75, 3.05) is 0 Å². The fourth-order valence-electron chi connectivity index (χ4n) is 1.43. The van der Waals surface area contributed by atoms with Gasteiger partial charge in [0.1, 0.15) is 0 Å². The fraction of sp³-hybridized carbons (Fsp3) is 0.545. The molecule has 0 bridgehead atoms. The molecule has 0 saturated heterocycles. The van der Waals surface area contributed by atoms with Crippen LogP contribution >= 0.6 is 0 Å². The molecule has 1 aromatic rings. The van der Waals surface area contributed by atoms with E-state index in [1.165, 1.54) is 6.33 Å². The van der Waals surface area contributed by atoms with E-state index in [1.54, 1.807) is 20.0 Å². The van der Waals surface area contributed by atoms with Crippen LogP contribution in [0.25, 0.3) is 0 Å². The van der Waals surface area contributed by atoms with E-state index in [-0.39, 0.29) is 11.7 Å². The number of Topliss-reactive ketones (excluding diaryl/α,β-unsaturated/α-hetero) is 1. The first-order valence-electron chi connectivity index (χ1n) is 5.60. The van der Waals surface area contributed by atoms with Crippen molar-refractivity contribution < 1.29 is 9.59 Å². The minimum atomic E-state index is -0.678. The number of imidazole rings is 1. The van der Waals surface area contributed by atoms with Crippen molar-refractivity contribution in [1.82, 2.24) is 15.3 Å². The molecule has 1 amide bonds. The maximum atomic E-state index is 11.7. The molecule has 1 rings (SSSR count). The molecule has 0 saturated carbocycles. The Balaban J connectivity index is 2.44. The molecule has 1 heterocycles. The molecular formula is C11H18N4O2. The van der Waals surface area contributed by atoms with E-state index >= 15 is 0 Å². The number of ketones is 1. The number of nitrogens with two attached hydrogens (primary N) is 1. The third-order valence-corrected chi connectivity index (χ3v) is 2.52. The van der Waals surface area contributed by atoms with E-state index in [9.17, 15) is 9.59 Å². The van der Waals surface area contributed by atoms with E-state index in [0.29, 0.717) is 12.8 Å². The summed E-state index contributed by atoms with van der Waals surface area (Å²) in [6.07, 6.45) is 3.92. The van der Waals surface area contributed by atoms with Crippen molar-refractivity contribution in [2.45, 2.75) is 38.8 Å². The Morgan fingerprint density at radius 3 is 2.82 bits per heavy atom. The quantitative estimate of drug-likeness (QED) is 0.636. The predicted molar refractivity (Wildman–Crippen MR) is 63.2 cm³/mol. The number of carbonyl (C=O) groups excluding carboxylic acids is 2. The second kappa shape index (κ2) is 6.15. The number of aromatic amines is 1. The van der Waals surface area contributed by atoms with E-state index in [1.807, 2.05) is 0 Å². The third kappa shape index (κ3) is 3.99. The van der Waals surface area contributed by atoms with Gasteiger partial charge in [-0.3, -0.25) is 9.59 Å². The lowest BCUT2D eigenvalue weighted by Gasteiger charge is -2.15. The van der Waals surface area contributed by atoms with Crippen molar-refractivity contribution in [3.8, 4) is 0 Å². The number of hydrogen-bond donors (Lipinski definition) is 3. The Morgan fingerprint density at radius 1 is 1.59 bits per heavy atom. The lowest BCUT2D eigenvalue weighted by Crippen LogP contribution is -2.47. The van der Waals surface area contributed by atoms with Crippen molar-refractivity contribution >= 4 is 11.7 Å². The van der Waals surface area contributed by atoms with Crippen molar-refractivity contribution in [1.29, 1.82) is 0 Å². The summed E-state index contributed by atoms with van der Waals surface area (Å²) >= 11 is 0. The standard InChI is InChI=1S/C11H18N4O2/c1-3-10(16)7(2)15-11(17)9(12)4-8-5-13-6-14-8/h5-7,9H,3-4,12H2,1-2H3,(H,13,14)(H,15,17)/t7-,9+/m1/s1. The van der Waals surface area contributed by atoms with Gasteiger partial charge in [0.15, 0.2) is 5.78 Å². The van der Waals surface area contributed by atoms with Gasteiger partial charge in [-0.05, 0) is 6.92 Å². The van der Waals surface area contributed by atoms with Crippen molar-refractivity contribution in [3.05, 3.63) is 18.2 Å². The first-order valence-corrected chi connectivity index (χ1v) is 5.60. The second-order valence-electron chi connectivity index (χ2n) is 3.94. The summed E-state index contributed by atoms with van der Waals surface area (Å²) in [6, 6.07) is -1.16. The van der Waals surface area contributed by atoms with Crippen LogP contribution in [0.5, 0.6) is 0 Å². The van der Waals surface area contributed by atoms with Crippen molar-refractivity contribution in [2.24, 2.45) is 5.73 Å². The molecule has 6 heteroatoms. The van der Waals surface area contributed by atoms with Crippen LogP contribution in [-0.4, -0.2) is 33.7 Å². The monoisotopic (exact) mass is 238 g/mol. The fourth-order valence-corrected chi connectivity index (χ4v) is 1.43. The molecule has 0 spiro atoms. The van der Waals surface area contributed by atoms with E-state index < -0.39 is 12.1 Å². The first-order chi connectivity index (χ1) is 8.04. The van der Waals surface area contributed by atoms with Gasteiger partial charge in [0.25, 0.3) is 0 Å². The van der Waals surface area contributed by atoms with Gasteiger partial charge in [0.2, 0.25) is 5.91 Å². The topological polar surface area (TPSA) is 101 Å². The summed E-state index contributed by atoms with van der Waals surface area (Å²) in [5, 5.41) is 2.60. The Hall–Kier alpha value is -1.69. The van der Waals surface area contributed by atoms with Crippen LogP contribution < -0.4 is 11.1 Å². The highest BCUT2D eigenvalue weighted by atomic mass is 16.2. The average molecular weight is 238 g/mol. The van der Waals surface area contributed by atoms with E-state index in [0.717, 1.165) is 5.69 Å². The molecule has 17 heavy (non-hydrogen) atoms. The Morgan fingerprint density at radius 2 is 2.29 bits per heavy atom. The molecule has 0 aliphatic rings. The zero-order valence-corrected chi connectivity index (χ0v) is 10.1. The summed E-state index contributed by atoms with van der Waals surface area (Å²) in [6.45, 7) is 3.42. The van der Waals surface area contributed by atoms with Gasteiger partial charge in [-0.25, -0.2) is 4.98 Å². The number of nitrogens with one attached hydrogen (secondary N) is 2. The largest absolute Gasteiger partial charge is 0.348 e. The molecule has 0 unspecified atom stereocenters. The zero-order chi connectivity index (χ0) is 12.8. The molecule has 0 aliphatic carbocycles. The maximum absolute atomic E-state index is 11.7. The molecular weight excluding hydrogens is 220 g/mol. The first kappa shape index (κ1) is 13.4. The lowest BCUT2D eigenvalue weighted by atomic mass is 10.1. The van der Waals surface area contributed by atoms with Crippen LogP contribution in [0, 0.1) is 0 Å². The van der Waals surface area contributed by atoms with Crippen LogP contribution in [-0.2, 0) is 16.0 Å². The normalized spacial score (nSPS) is 14.1. The van der Waals surface area contributed by atoms with Gasteiger partial charge < -0.3 is 16.0 Å². The molecule has 6 nitrogen and oxygen atoms in total. The molecule has 0 fully saturated rings. The smallest absolute Gasteiger partial charge is 0.237 e. The van der Waals surface area contributed by atoms with Gasteiger partial charge in [-0.15, -0.1) is 0 Å². The van der Waals surface area contributed by atoms with Crippen LogP contribution in [0.4, 0.5) is 0 Å². The van der Waals surface area contributed by atoms with Crippen molar-refractivity contribution in [3.63, 3.8) is 0 Å². The van der Waals surface area contributed by atoms with E-state index in [4.69, 9.17) is 5.73 Å². The predicted octanol–water partition coefficient (Wildman–Crippen LogP) is -0.237. The molecule has 0 aromatic carbocycles. The third-order valence-electron chi connectivity index (χ3n) is 2.52. The Bertz CT molecular complexity index is 375. The molecule has 0 radical (unpaired) electrons. The Kier molecular flexibility index (Phi) is 4.84. The summed E-state index contributed by atoms with van der Waals surface area (Å²) in [4.78, 5) is 29.7. The number of aromatic nitrogens is 2. The average Bonchev–Trinajstić information content (AvgIpc) is 2.80. The molecule has 4 N–H and O–H groups in total. The van der Waals surface area contributed by atoms with E-state index in [2.05, 4.69) is 15.3 Å². The van der Waals surface area contributed by atoms with Crippen LogP contribution in [0.15, 0.2) is 12.5 Å². The minimum absolute atomic E-state index is 0.00732. The zero-order valence-electron chi connectivity index (χ0n) is 10.1.